The Balaban J connectivity index is 1.28. The molecule has 1 N–H and O–H groups in total. The number of benzene rings is 3. The van der Waals surface area contributed by atoms with Gasteiger partial charge in [0.25, 0.3) is 0 Å². The zero-order valence-electron chi connectivity index (χ0n) is 18.3. The third-order valence-corrected chi connectivity index (χ3v) is 7.92. The molecule has 3 aromatic carbocycles. The molecule has 0 bridgehead atoms. The molecule has 1 heterocycles. The summed E-state index contributed by atoms with van der Waals surface area (Å²) in [4.78, 5) is 14.8. The van der Waals surface area contributed by atoms with Crippen molar-refractivity contribution in [3.05, 3.63) is 78.4 Å². The third kappa shape index (κ3) is 5.18. The molecule has 32 heavy (non-hydrogen) atoms. The van der Waals surface area contributed by atoms with Gasteiger partial charge < -0.3 is 10.2 Å². The van der Waals surface area contributed by atoms with Crippen molar-refractivity contribution in [3.63, 3.8) is 0 Å². The zero-order chi connectivity index (χ0) is 22.6. The molecule has 1 fully saturated rings. The number of hydrogen-bond acceptors (Lipinski definition) is 4. The van der Waals surface area contributed by atoms with Crippen molar-refractivity contribution in [1.29, 1.82) is 0 Å². The Hall–Kier alpha value is -2.74. The summed E-state index contributed by atoms with van der Waals surface area (Å²) in [6, 6.07) is 22.9. The topological polar surface area (TPSA) is 69.7 Å². The molecule has 168 valence electrons. The maximum atomic E-state index is 13.1. The highest BCUT2D eigenvalue weighted by Crippen LogP contribution is 2.23. The molecule has 1 unspecified atom stereocenters. The molecule has 1 aliphatic heterocycles. The number of amides is 1. The summed E-state index contributed by atoms with van der Waals surface area (Å²) in [5.74, 6) is 0.00701. The van der Waals surface area contributed by atoms with Crippen LogP contribution in [0.3, 0.4) is 0 Å². The number of hydrogen-bond donors (Lipinski definition) is 1. The Bertz CT molecular complexity index is 1170. The lowest BCUT2D eigenvalue weighted by Crippen LogP contribution is -2.49. The predicted octanol–water partition coefficient (Wildman–Crippen LogP) is 3.41. The van der Waals surface area contributed by atoms with Crippen LogP contribution in [0, 0.1) is 0 Å². The molecule has 0 aliphatic carbocycles. The van der Waals surface area contributed by atoms with Crippen LogP contribution >= 0.6 is 0 Å². The van der Waals surface area contributed by atoms with Crippen molar-refractivity contribution in [3.8, 4) is 0 Å². The lowest BCUT2D eigenvalue weighted by atomic mass is 10.1. The normalized spacial score (nSPS) is 16.7. The Morgan fingerprint density at radius 1 is 0.906 bits per heavy atom. The summed E-state index contributed by atoms with van der Waals surface area (Å²) in [6.07, 6.45) is 0.397. The lowest BCUT2D eigenvalue weighted by molar-refractivity contribution is -0.122. The Morgan fingerprint density at radius 3 is 2.28 bits per heavy atom. The van der Waals surface area contributed by atoms with Gasteiger partial charge in [-0.2, -0.15) is 4.31 Å². The SMILES string of the molecule is CC(NC(=O)CCN1CCN(S(=O)(=O)c2ccc3ccccc3c2)CC1)c1ccccc1. The Labute approximate surface area is 189 Å². The van der Waals surface area contributed by atoms with Crippen LogP contribution in [-0.4, -0.2) is 56.3 Å². The van der Waals surface area contributed by atoms with Crippen LogP contribution in [0.2, 0.25) is 0 Å². The molecule has 4 rings (SSSR count). The average molecular weight is 452 g/mol. The highest BCUT2D eigenvalue weighted by Gasteiger charge is 2.28. The van der Waals surface area contributed by atoms with E-state index < -0.39 is 10.0 Å². The Morgan fingerprint density at radius 2 is 1.56 bits per heavy atom. The number of piperazine rings is 1. The number of nitrogens with zero attached hydrogens (tertiary/aromatic N) is 2. The van der Waals surface area contributed by atoms with E-state index in [1.165, 1.54) is 0 Å². The molecule has 1 amide bonds. The summed E-state index contributed by atoms with van der Waals surface area (Å²) in [6.45, 7) is 4.69. The minimum absolute atomic E-state index is 0.00701. The predicted molar refractivity (Wildman–Crippen MR) is 127 cm³/mol. The minimum Gasteiger partial charge on any atom is -0.350 e. The van der Waals surface area contributed by atoms with Crippen molar-refractivity contribution in [1.82, 2.24) is 14.5 Å². The van der Waals surface area contributed by atoms with Crippen molar-refractivity contribution in [2.45, 2.75) is 24.3 Å². The Kier molecular flexibility index (Phi) is 6.89. The zero-order valence-corrected chi connectivity index (χ0v) is 19.1. The molecular formula is C25H29N3O3S. The van der Waals surface area contributed by atoms with E-state index in [4.69, 9.17) is 0 Å². The van der Waals surface area contributed by atoms with Gasteiger partial charge in [0.05, 0.1) is 10.9 Å². The number of rotatable bonds is 7. The van der Waals surface area contributed by atoms with Crippen LogP contribution in [0.15, 0.2) is 77.7 Å². The number of nitrogens with one attached hydrogen (secondary N) is 1. The fourth-order valence-corrected chi connectivity index (χ4v) is 5.53. The van der Waals surface area contributed by atoms with Gasteiger partial charge in [0, 0.05) is 39.1 Å². The highest BCUT2D eigenvalue weighted by molar-refractivity contribution is 7.89. The number of sulfonamides is 1. The molecular weight excluding hydrogens is 422 g/mol. The van der Waals surface area contributed by atoms with E-state index in [2.05, 4.69) is 10.2 Å². The molecule has 0 radical (unpaired) electrons. The first-order chi connectivity index (χ1) is 15.4. The molecule has 7 heteroatoms. The maximum Gasteiger partial charge on any atom is 0.243 e. The van der Waals surface area contributed by atoms with E-state index in [0.717, 1.165) is 16.3 Å². The molecule has 6 nitrogen and oxygen atoms in total. The summed E-state index contributed by atoms with van der Waals surface area (Å²) in [5, 5.41) is 4.98. The number of carbonyl (C=O) groups is 1. The van der Waals surface area contributed by atoms with Gasteiger partial charge in [-0.3, -0.25) is 4.79 Å². The minimum atomic E-state index is -3.53. The molecule has 3 aromatic rings. The van der Waals surface area contributed by atoms with Gasteiger partial charge in [0.15, 0.2) is 0 Å². The largest absolute Gasteiger partial charge is 0.350 e. The second-order valence-corrected chi connectivity index (χ2v) is 10.1. The molecule has 0 saturated carbocycles. The van der Waals surface area contributed by atoms with E-state index in [1.54, 1.807) is 16.4 Å². The van der Waals surface area contributed by atoms with E-state index >= 15 is 0 Å². The van der Waals surface area contributed by atoms with Crippen molar-refractivity contribution >= 4 is 26.7 Å². The van der Waals surface area contributed by atoms with Crippen LogP contribution in [-0.2, 0) is 14.8 Å². The molecule has 1 atom stereocenters. The second-order valence-electron chi connectivity index (χ2n) is 8.20. The lowest BCUT2D eigenvalue weighted by Gasteiger charge is -2.34. The number of carbonyl (C=O) groups excluding carboxylic acids is 1. The maximum absolute atomic E-state index is 13.1. The third-order valence-electron chi connectivity index (χ3n) is 6.02. The van der Waals surface area contributed by atoms with Gasteiger partial charge in [-0.15, -0.1) is 0 Å². The van der Waals surface area contributed by atoms with Crippen LogP contribution in [0.25, 0.3) is 10.8 Å². The van der Waals surface area contributed by atoms with Gasteiger partial charge >= 0.3 is 0 Å². The van der Waals surface area contributed by atoms with Gasteiger partial charge in [0.1, 0.15) is 0 Å². The van der Waals surface area contributed by atoms with Crippen molar-refractivity contribution in [2.75, 3.05) is 32.7 Å². The molecule has 1 saturated heterocycles. The smallest absolute Gasteiger partial charge is 0.243 e. The standard InChI is InChI=1S/C25H29N3O3S/c1-20(21-7-3-2-4-8-21)26-25(29)13-14-27-15-17-28(18-16-27)32(30,31)24-12-11-22-9-5-6-10-23(22)19-24/h2-12,19-20H,13-18H2,1H3,(H,26,29). The fraction of sp³-hybridized carbons (Fsp3) is 0.320. The average Bonchev–Trinajstić information content (AvgIpc) is 2.83. The van der Waals surface area contributed by atoms with Crippen LogP contribution in [0.5, 0.6) is 0 Å². The van der Waals surface area contributed by atoms with E-state index in [-0.39, 0.29) is 11.9 Å². The summed E-state index contributed by atoms with van der Waals surface area (Å²) in [5.41, 5.74) is 1.08. The van der Waals surface area contributed by atoms with Gasteiger partial charge in [0.2, 0.25) is 15.9 Å². The van der Waals surface area contributed by atoms with E-state index in [1.807, 2.05) is 67.6 Å². The quantitative estimate of drug-likeness (QED) is 0.598. The summed E-state index contributed by atoms with van der Waals surface area (Å²) in [7, 11) is -3.53. The van der Waals surface area contributed by atoms with Crippen LogP contribution in [0.4, 0.5) is 0 Å². The molecule has 1 aliphatic rings. The first-order valence-electron chi connectivity index (χ1n) is 11.0. The molecule has 0 aromatic heterocycles. The highest BCUT2D eigenvalue weighted by atomic mass is 32.2. The van der Waals surface area contributed by atoms with Crippen LogP contribution < -0.4 is 5.32 Å². The molecule has 0 spiro atoms. The second kappa shape index (κ2) is 9.81. The summed E-state index contributed by atoms with van der Waals surface area (Å²) >= 11 is 0. The number of fused-ring (bicyclic) bond motifs is 1. The van der Waals surface area contributed by atoms with E-state index in [0.29, 0.717) is 44.0 Å². The first kappa shape index (κ1) is 22.5. The summed E-state index contributed by atoms with van der Waals surface area (Å²) < 4.78 is 27.8. The fourth-order valence-electron chi connectivity index (χ4n) is 4.07. The van der Waals surface area contributed by atoms with Crippen LogP contribution in [0.1, 0.15) is 24.9 Å². The monoisotopic (exact) mass is 451 g/mol. The van der Waals surface area contributed by atoms with Crippen molar-refractivity contribution in [2.24, 2.45) is 0 Å². The van der Waals surface area contributed by atoms with E-state index in [9.17, 15) is 13.2 Å². The first-order valence-corrected chi connectivity index (χ1v) is 12.4. The van der Waals surface area contributed by atoms with Gasteiger partial charge in [-0.25, -0.2) is 8.42 Å². The van der Waals surface area contributed by atoms with Crippen molar-refractivity contribution < 1.29 is 13.2 Å². The van der Waals surface area contributed by atoms with Gasteiger partial charge in [-0.05, 0) is 35.4 Å². The van der Waals surface area contributed by atoms with Gasteiger partial charge in [-0.1, -0.05) is 60.7 Å².